The number of urea groups is 1. The molecule has 106 valence electrons. The summed E-state index contributed by atoms with van der Waals surface area (Å²) in [5, 5.41) is 20.0. The van der Waals surface area contributed by atoms with Gasteiger partial charge in [-0.1, -0.05) is 0 Å². The quantitative estimate of drug-likeness (QED) is 0.828. The van der Waals surface area contributed by atoms with Gasteiger partial charge in [-0.15, -0.1) is 0 Å². The molecule has 20 heavy (non-hydrogen) atoms. The number of hydrogen-bond donors (Lipinski definition) is 2. The number of benzene rings is 1. The maximum atomic E-state index is 11.9. The molecule has 1 aromatic rings. The summed E-state index contributed by atoms with van der Waals surface area (Å²) in [5.41, 5.74) is 1.02. The van der Waals surface area contributed by atoms with Crippen molar-refractivity contribution in [3.05, 3.63) is 29.8 Å². The van der Waals surface area contributed by atoms with Gasteiger partial charge in [-0.3, -0.25) is 4.90 Å². The third kappa shape index (κ3) is 3.96. The fourth-order valence-corrected chi connectivity index (χ4v) is 1.46. The Labute approximate surface area is 116 Å². The highest BCUT2D eigenvalue weighted by atomic mass is 16.5. The lowest BCUT2D eigenvalue weighted by Gasteiger charge is -2.21. The minimum absolute atomic E-state index is 0.123. The van der Waals surface area contributed by atoms with E-state index in [4.69, 9.17) is 15.1 Å². The number of nitrogens with one attached hydrogen (secondary N) is 1. The van der Waals surface area contributed by atoms with Gasteiger partial charge in [0.1, 0.15) is 0 Å². The van der Waals surface area contributed by atoms with Crippen molar-refractivity contribution in [1.82, 2.24) is 5.32 Å². The van der Waals surface area contributed by atoms with Crippen molar-refractivity contribution in [3.63, 3.8) is 0 Å². The molecule has 0 spiro atoms. The number of amides is 2. The number of anilines is 1. The molecule has 0 fully saturated rings. The van der Waals surface area contributed by atoms with Crippen molar-refractivity contribution in [1.29, 1.82) is 5.26 Å². The second-order valence-electron chi connectivity index (χ2n) is 4.01. The average molecular weight is 277 g/mol. The van der Waals surface area contributed by atoms with Gasteiger partial charge < -0.3 is 15.2 Å². The van der Waals surface area contributed by atoms with Gasteiger partial charge >= 0.3 is 12.0 Å². The Morgan fingerprint density at radius 1 is 1.45 bits per heavy atom. The lowest BCUT2D eigenvalue weighted by Crippen LogP contribution is -2.48. The van der Waals surface area contributed by atoms with Crippen LogP contribution in [0.1, 0.15) is 5.56 Å². The van der Waals surface area contributed by atoms with E-state index < -0.39 is 18.0 Å². The molecular weight excluding hydrogens is 262 g/mol. The number of aliphatic carboxylic acids is 1. The Morgan fingerprint density at radius 3 is 2.50 bits per heavy atom. The van der Waals surface area contributed by atoms with Gasteiger partial charge in [0.05, 0.1) is 18.2 Å². The highest BCUT2D eigenvalue weighted by Gasteiger charge is 2.22. The summed E-state index contributed by atoms with van der Waals surface area (Å²) >= 11 is 0. The second kappa shape index (κ2) is 7.11. The Morgan fingerprint density at radius 2 is 2.05 bits per heavy atom. The molecule has 1 rings (SSSR count). The summed E-state index contributed by atoms with van der Waals surface area (Å²) in [6.07, 6.45) is 0. The minimum Gasteiger partial charge on any atom is -0.480 e. The van der Waals surface area contributed by atoms with E-state index in [-0.39, 0.29) is 6.61 Å². The Balaban J connectivity index is 2.75. The Bertz CT molecular complexity index is 521. The van der Waals surface area contributed by atoms with Crippen molar-refractivity contribution in [3.8, 4) is 6.07 Å². The van der Waals surface area contributed by atoms with Gasteiger partial charge in [-0.05, 0) is 24.3 Å². The number of nitriles is 1. The van der Waals surface area contributed by atoms with E-state index >= 15 is 0 Å². The molecule has 0 heterocycles. The molecule has 0 saturated carbocycles. The molecular formula is C13H15N3O4. The lowest BCUT2D eigenvalue weighted by molar-refractivity contribution is -0.140. The van der Waals surface area contributed by atoms with E-state index in [1.165, 1.54) is 19.1 Å². The van der Waals surface area contributed by atoms with Crippen LogP contribution in [0.4, 0.5) is 10.5 Å². The number of methoxy groups -OCH3 is 1. The Kier molecular flexibility index (Phi) is 5.50. The van der Waals surface area contributed by atoms with Crippen LogP contribution in [0.25, 0.3) is 0 Å². The van der Waals surface area contributed by atoms with Crippen molar-refractivity contribution in [2.75, 3.05) is 25.7 Å². The number of nitrogens with zero attached hydrogens (tertiary/aromatic N) is 2. The predicted octanol–water partition coefficient (Wildman–Crippen LogP) is 0.804. The SMILES string of the molecule is COCC(NC(=O)N(C)c1ccc(C#N)cc1)C(=O)O. The van der Waals surface area contributed by atoms with E-state index in [1.54, 1.807) is 24.3 Å². The molecule has 0 bridgehead atoms. The Hall–Kier alpha value is -2.59. The number of carboxylic acids is 1. The maximum absolute atomic E-state index is 11.9. The largest absolute Gasteiger partial charge is 0.480 e. The number of carboxylic acid groups (broad SMARTS) is 1. The predicted molar refractivity (Wildman–Crippen MR) is 71.4 cm³/mol. The molecule has 0 aliphatic carbocycles. The van der Waals surface area contributed by atoms with Gasteiger partial charge in [-0.25, -0.2) is 9.59 Å². The average Bonchev–Trinajstić information content (AvgIpc) is 2.45. The van der Waals surface area contributed by atoms with Gasteiger partial charge in [0.15, 0.2) is 6.04 Å². The number of hydrogen-bond acceptors (Lipinski definition) is 4. The highest BCUT2D eigenvalue weighted by molar-refractivity contribution is 5.94. The van der Waals surface area contributed by atoms with E-state index in [1.807, 2.05) is 6.07 Å². The van der Waals surface area contributed by atoms with E-state index in [0.29, 0.717) is 11.3 Å². The molecule has 0 aromatic heterocycles. The number of carbonyl (C=O) groups excluding carboxylic acids is 1. The maximum Gasteiger partial charge on any atom is 0.328 e. The molecule has 0 radical (unpaired) electrons. The van der Waals surface area contributed by atoms with E-state index in [2.05, 4.69) is 5.32 Å². The summed E-state index contributed by atoms with van der Waals surface area (Å²) in [5.74, 6) is -1.17. The van der Waals surface area contributed by atoms with Gasteiger partial charge in [0, 0.05) is 19.8 Å². The number of carbonyl (C=O) groups is 2. The van der Waals surface area contributed by atoms with Crippen LogP contribution in [0, 0.1) is 11.3 Å². The van der Waals surface area contributed by atoms with Crippen LogP contribution in [0.5, 0.6) is 0 Å². The summed E-state index contributed by atoms with van der Waals surface area (Å²) in [4.78, 5) is 24.1. The first kappa shape index (κ1) is 15.5. The molecule has 0 aliphatic rings. The van der Waals surface area contributed by atoms with Crippen LogP contribution >= 0.6 is 0 Å². The topological polar surface area (TPSA) is 103 Å². The van der Waals surface area contributed by atoms with Gasteiger partial charge in [-0.2, -0.15) is 5.26 Å². The molecule has 1 aromatic carbocycles. The summed E-state index contributed by atoms with van der Waals surface area (Å²) in [6.45, 7) is -0.123. The fraction of sp³-hybridized carbons (Fsp3) is 0.308. The highest BCUT2D eigenvalue weighted by Crippen LogP contribution is 2.13. The zero-order valence-corrected chi connectivity index (χ0v) is 11.2. The normalized spacial score (nSPS) is 11.2. The van der Waals surface area contributed by atoms with Crippen molar-refractivity contribution in [2.24, 2.45) is 0 Å². The monoisotopic (exact) mass is 277 g/mol. The first-order valence-corrected chi connectivity index (χ1v) is 5.75. The third-order valence-corrected chi connectivity index (χ3v) is 2.62. The van der Waals surface area contributed by atoms with Crippen molar-refractivity contribution >= 4 is 17.7 Å². The molecule has 7 heteroatoms. The van der Waals surface area contributed by atoms with Crippen LogP contribution in [0.2, 0.25) is 0 Å². The zero-order chi connectivity index (χ0) is 15.1. The first-order valence-electron chi connectivity index (χ1n) is 5.75. The number of ether oxygens (including phenoxy) is 1. The molecule has 1 atom stereocenters. The first-order chi connectivity index (χ1) is 9.49. The van der Waals surface area contributed by atoms with Gasteiger partial charge in [0.25, 0.3) is 0 Å². The van der Waals surface area contributed by atoms with Crippen LogP contribution in [-0.2, 0) is 9.53 Å². The summed E-state index contributed by atoms with van der Waals surface area (Å²) in [6, 6.07) is 6.63. The minimum atomic E-state index is -1.17. The van der Waals surface area contributed by atoms with Crippen LogP contribution in [0.3, 0.4) is 0 Å². The van der Waals surface area contributed by atoms with Crippen LogP contribution < -0.4 is 10.2 Å². The molecule has 2 amide bonds. The van der Waals surface area contributed by atoms with E-state index in [0.717, 1.165) is 0 Å². The third-order valence-electron chi connectivity index (χ3n) is 2.62. The van der Waals surface area contributed by atoms with Crippen LogP contribution in [-0.4, -0.2) is 43.9 Å². The zero-order valence-electron chi connectivity index (χ0n) is 11.2. The van der Waals surface area contributed by atoms with Gasteiger partial charge in [0.2, 0.25) is 0 Å². The standard InChI is InChI=1S/C13H15N3O4/c1-16(10-5-3-9(7-14)4-6-10)13(19)15-11(8-20-2)12(17)18/h3-6,11H,8H2,1-2H3,(H,15,19)(H,17,18). The molecule has 0 aliphatic heterocycles. The molecule has 0 saturated heterocycles. The molecule has 2 N–H and O–H groups in total. The lowest BCUT2D eigenvalue weighted by atomic mass is 10.2. The number of rotatable bonds is 5. The smallest absolute Gasteiger partial charge is 0.328 e. The molecule has 7 nitrogen and oxygen atoms in total. The fourth-order valence-electron chi connectivity index (χ4n) is 1.46. The summed E-state index contributed by atoms with van der Waals surface area (Å²) in [7, 11) is 2.86. The van der Waals surface area contributed by atoms with Crippen LogP contribution in [0.15, 0.2) is 24.3 Å². The van der Waals surface area contributed by atoms with Crippen molar-refractivity contribution in [2.45, 2.75) is 6.04 Å². The summed E-state index contributed by atoms with van der Waals surface area (Å²) < 4.78 is 4.73. The molecule has 1 unspecified atom stereocenters. The second-order valence-corrected chi connectivity index (χ2v) is 4.01. The van der Waals surface area contributed by atoms with E-state index in [9.17, 15) is 9.59 Å². The van der Waals surface area contributed by atoms with Crippen molar-refractivity contribution < 1.29 is 19.4 Å².